The molecule has 0 aromatic heterocycles. The second kappa shape index (κ2) is 5.62. The van der Waals surface area contributed by atoms with Gasteiger partial charge >= 0.3 is 0 Å². The smallest absolute Gasteiger partial charge is 0.0713 e. The summed E-state index contributed by atoms with van der Waals surface area (Å²) in [6.07, 6.45) is -0.332. The van der Waals surface area contributed by atoms with Crippen molar-refractivity contribution in [3.05, 3.63) is 29.8 Å². The summed E-state index contributed by atoms with van der Waals surface area (Å²) in [6, 6.07) is 7.98. The van der Waals surface area contributed by atoms with Gasteiger partial charge in [-0.2, -0.15) is 0 Å². The minimum Gasteiger partial charge on any atom is -0.392 e. The van der Waals surface area contributed by atoms with E-state index < -0.39 is 0 Å². The van der Waals surface area contributed by atoms with Gasteiger partial charge in [-0.15, -0.1) is 0 Å². The Kier molecular flexibility index (Phi) is 4.43. The zero-order valence-corrected chi connectivity index (χ0v) is 8.66. The van der Waals surface area contributed by atoms with Crippen molar-refractivity contribution in [2.24, 2.45) is 0 Å². The molecule has 0 fully saturated rings. The monoisotopic (exact) mass is 195 g/mol. The van der Waals surface area contributed by atoms with Crippen LogP contribution in [0, 0.1) is 0 Å². The molecular weight excluding hydrogens is 178 g/mol. The topological polar surface area (TPSA) is 41.5 Å². The van der Waals surface area contributed by atoms with Crippen LogP contribution in [-0.2, 0) is 11.3 Å². The maximum absolute atomic E-state index is 9.10. The number of hydrogen-bond donors (Lipinski definition) is 2. The predicted molar refractivity (Wildman–Crippen MR) is 57.3 cm³/mol. The maximum Gasteiger partial charge on any atom is 0.0713 e. The normalized spacial score (nSPS) is 12.5. The zero-order valence-electron chi connectivity index (χ0n) is 8.66. The summed E-state index contributed by atoms with van der Waals surface area (Å²) in [4.78, 5) is 0. The summed E-state index contributed by atoms with van der Waals surface area (Å²) < 4.78 is 5.03. The van der Waals surface area contributed by atoms with Gasteiger partial charge in [0.25, 0.3) is 0 Å². The Hall–Kier alpha value is -1.06. The first-order chi connectivity index (χ1) is 6.72. The molecule has 1 rings (SSSR count). The number of ether oxygens (including phenoxy) is 1. The molecule has 0 bridgehead atoms. The molecule has 0 radical (unpaired) electrons. The van der Waals surface area contributed by atoms with Gasteiger partial charge in [0, 0.05) is 19.3 Å². The van der Waals surface area contributed by atoms with Gasteiger partial charge in [-0.05, 0) is 24.6 Å². The number of rotatable bonds is 5. The fraction of sp³-hybridized carbons (Fsp3) is 0.455. The largest absolute Gasteiger partial charge is 0.392 e. The molecule has 14 heavy (non-hydrogen) atoms. The average Bonchev–Trinajstić information content (AvgIpc) is 2.16. The van der Waals surface area contributed by atoms with Crippen LogP contribution in [0.4, 0.5) is 5.69 Å². The lowest BCUT2D eigenvalue weighted by Crippen LogP contribution is -2.15. The van der Waals surface area contributed by atoms with Gasteiger partial charge < -0.3 is 15.2 Å². The average molecular weight is 195 g/mol. The van der Waals surface area contributed by atoms with Crippen molar-refractivity contribution in [3.63, 3.8) is 0 Å². The maximum atomic E-state index is 9.10. The van der Waals surface area contributed by atoms with E-state index in [0.717, 1.165) is 11.3 Å². The number of nitrogens with one attached hydrogen (secondary N) is 1. The Morgan fingerprint density at radius 1 is 1.50 bits per heavy atom. The van der Waals surface area contributed by atoms with E-state index in [9.17, 15) is 0 Å². The van der Waals surface area contributed by atoms with E-state index in [1.54, 1.807) is 14.0 Å². The van der Waals surface area contributed by atoms with E-state index in [4.69, 9.17) is 9.84 Å². The highest BCUT2D eigenvalue weighted by Gasteiger charge is 1.97. The molecule has 2 N–H and O–H groups in total. The Bertz CT molecular complexity index is 274. The Morgan fingerprint density at radius 2 is 2.29 bits per heavy atom. The zero-order chi connectivity index (χ0) is 10.4. The second-order valence-electron chi connectivity index (χ2n) is 3.36. The van der Waals surface area contributed by atoms with Crippen LogP contribution in [0.2, 0.25) is 0 Å². The molecule has 0 spiro atoms. The van der Waals surface area contributed by atoms with Crippen LogP contribution < -0.4 is 5.32 Å². The van der Waals surface area contributed by atoms with Gasteiger partial charge in [-0.3, -0.25) is 0 Å². The lowest BCUT2D eigenvalue weighted by Gasteiger charge is -2.09. The van der Waals surface area contributed by atoms with E-state index in [1.165, 1.54) is 0 Å². The number of aliphatic hydroxyl groups excluding tert-OH is 1. The number of methoxy groups -OCH3 is 1. The van der Waals surface area contributed by atoms with Crippen LogP contribution >= 0.6 is 0 Å². The van der Waals surface area contributed by atoms with Gasteiger partial charge in [-0.1, -0.05) is 12.1 Å². The first-order valence-electron chi connectivity index (χ1n) is 4.72. The van der Waals surface area contributed by atoms with Crippen molar-refractivity contribution in [1.29, 1.82) is 0 Å². The summed E-state index contributed by atoms with van der Waals surface area (Å²) in [7, 11) is 1.68. The molecule has 1 atom stereocenters. The minimum absolute atomic E-state index is 0.332. The van der Waals surface area contributed by atoms with E-state index in [-0.39, 0.29) is 6.10 Å². The van der Waals surface area contributed by atoms with Gasteiger partial charge in [0.1, 0.15) is 0 Å². The molecule has 0 amide bonds. The third-order valence-corrected chi connectivity index (χ3v) is 1.84. The fourth-order valence-electron chi connectivity index (χ4n) is 1.20. The summed E-state index contributed by atoms with van der Waals surface area (Å²) in [5.41, 5.74) is 2.14. The first-order valence-corrected chi connectivity index (χ1v) is 4.72. The molecular formula is C11H17NO2. The van der Waals surface area contributed by atoms with Crippen molar-refractivity contribution in [2.75, 3.05) is 19.0 Å². The summed E-state index contributed by atoms with van der Waals surface area (Å²) in [5.74, 6) is 0. The van der Waals surface area contributed by atoms with Gasteiger partial charge in [0.05, 0.1) is 12.7 Å². The number of hydrogen-bond acceptors (Lipinski definition) is 3. The molecule has 78 valence electrons. The summed E-state index contributed by atoms with van der Waals surface area (Å²) >= 11 is 0. The van der Waals surface area contributed by atoms with Crippen molar-refractivity contribution in [3.8, 4) is 0 Å². The van der Waals surface area contributed by atoms with Gasteiger partial charge in [0.15, 0.2) is 0 Å². The minimum atomic E-state index is -0.332. The summed E-state index contributed by atoms with van der Waals surface area (Å²) in [6.45, 7) is 2.94. The molecule has 3 heteroatoms. The number of benzene rings is 1. The van der Waals surface area contributed by atoms with Crippen molar-refractivity contribution >= 4 is 5.69 Å². The molecule has 3 nitrogen and oxygen atoms in total. The van der Waals surface area contributed by atoms with Crippen LogP contribution in [0.25, 0.3) is 0 Å². The van der Waals surface area contributed by atoms with E-state index in [1.807, 2.05) is 24.3 Å². The lowest BCUT2D eigenvalue weighted by molar-refractivity contribution is 0.185. The standard InChI is InChI=1S/C11H17NO2/c1-9(13)7-12-11-5-3-4-10(6-11)8-14-2/h3-6,9,12-13H,7-8H2,1-2H3. The molecule has 0 saturated carbocycles. The van der Waals surface area contributed by atoms with Crippen LogP contribution in [0.3, 0.4) is 0 Å². The second-order valence-corrected chi connectivity index (χ2v) is 3.36. The van der Waals surface area contributed by atoms with E-state index in [0.29, 0.717) is 13.2 Å². The van der Waals surface area contributed by atoms with Crippen molar-refractivity contribution < 1.29 is 9.84 Å². The first kappa shape index (κ1) is 11.0. The highest BCUT2D eigenvalue weighted by atomic mass is 16.5. The predicted octanol–water partition coefficient (Wildman–Crippen LogP) is 1.63. The molecule has 0 heterocycles. The Balaban J connectivity index is 2.54. The molecule has 0 saturated heterocycles. The Morgan fingerprint density at radius 3 is 2.93 bits per heavy atom. The Labute approximate surface area is 84.7 Å². The van der Waals surface area contributed by atoms with E-state index in [2.05, 4.69) is 5.32 Å². The molecule has 1 aromatic rings. The fourth-order valence-corrected chi connectivity index (χ4v) is 1.20. The molecule has 0 aliphatic rings. The number of aliphatic hydroxyl groups is 1. The molecule has 1 unspecified atom stereocenters. The SMILES string of the molecule is COCc1cccc(NCC(C)O)c1. The highest BCUT2D eigenvalue weighted by molar-refractivity contribution is 5.45. The van der Waals surface area contributed by atoms with Crippen LogP contribution in [0.15, 0.2) is 24.3 Å². The number of anilines is 1. The third kappa shape index (κ3) is 3.77. The van der Waals surface area contributed by atoms with Crippen LogP contribution in [0.1, 0.15) is 12.5 Å². The third-order valence-electron chi connectivity index (χ3n) is 1.84. The highest BCUT2D eigenvalue weighted by Crippen LogP contribution is 2.11. The van der Waals surface area contributed by atoms with Crippen LogP contribution in [-0.4, -0.2) is 24.9 Å². The molecule has 1 aromatic carbocycles. The lowest BCUT2D eigenvalue weighted by atomic mass is 10.2. The van der Waals surface area contributed by atoms with Crippen molar-refractivity contribution in [1.82, 2.24) is 0 Å². The molecule has 0 aliphatic carbocycles. The van der Waals surface area contributed by atoms with E-state index >= 15 is 0 Å². The van der Waals surface area contributed by atoms with Gasteiger partial charge in [-0.25, -0.2) is 0 Å². The van der Waals surface area contributed by atoms with Crippen LogP contribution in [0.5, 0.6) is 0 Å². The molecule has 0 aliphatic heterocycles. The van der Waals surface area contributed by atoms with Crippen molar-refractivity contribution in [2.45, 2.75) is 19.6 Å². The summed E-state index contributed by atoms with van der Waals surface area (Å²) in [5, 5.41) is 12.2. The quantitative estimate of drug-likeness (QED) is 0.750. The van der Waals surface area contributed by atoms with Gasteiger partial charge in [0.2, 0.25) is 0 Å².